The zero-order chi connectivity index (χ0) is 26.1. The average Bonchev–Trinajstić information content (AvgIpc) is 2.66. The smallest absolute Gasteiger partial charge is 0.460 e. The van der Waals surface area contributed by atoms with Crippen molar-refractivity contribution >= 4 is 5.97 Å². The number of nitrogens with two attached hydrogens (primary N) is 1. The standard InChI is InChI=1S/C17H14F13NO2/c18-12(19,6-7-33-11(32)10(31)8-9-4-2-1-3-5-9)13(20,21)14(22,23)15(24,25)16(26,27)17(28,29)30/h1-5,10H,6-8,31H2/t10-/m0/s1. The molecule has 0 aliphatic rings. The van der Waals surface area contributed by atoms with Crippen molar-refractivity contribution in [1.29, 1.82) is 0 Å². The van der Waals surface area contributed by atoms with E-state index in [-0.39, 0.29) is 6.42 Å². The highest BCUT2D eigenvalue weighted by molar-refractivity contribution is 5.75. The number of halogens is 13. The van der Waals surface area contributed by atoms with Crippen LogP contribution in [-0.2, 0) is 16.0 Å². The zero-order valence-corrected chi connectivity index (χ0v) is 15.9. The Morgan fingerprint density at radius 1 is 0.758 bits per heavy atom. The van der Waals surface area contributed by atoms with E-state index < -0.39 is 60.8 Å². The first-order chi connectivity index (χ1) is 14.6. The molecule has 190 valence electrons. The van der Waals surface area contributed by atoms with Crippen molar-refractivity contribution < 1.29 is 66.6 Å². The largest absolute Gasteiger partial charge is 0.464 e. The summed E-state index contributed by atoms with van der Waals surface area (Å²) in [5.74, 6) is -38.9. The second-order valence-corrected chi connectivity index (χ2v) is 6.71. The van der Waals surface area contributed by atoms with Crippen LogP contribution in [0.15, 0.2) is 30.3 Å². The summed E-state index contributed by atoms with van der Waals surface area (Å²) in [6.07, 6.45) is -10.4. The van der Waals surface area contributed by atoms with E-state index in [0.717, 1.165) is 0 Å². The van der Waals surface area contributed by atoms with Gasteiger partial charge in [-0.2, -0.15) is 57.1 Å². The molecule has 0 amide bonds. The van der Waals surface area contributed by atoms with E-state index in [1.165, 1.54) is 24.3 Å². The summed E-state index contributed by atoms with van der Waals surface area (Å²) in [5.41, 5.74) is 5.82. The average molecular weight is 511 g/mol. The Morgan fingerprint density at radius 3 is 1.67 bits per heavy atom. The third-order valence-electron chi connectivity index (χ3n) is 4.26. The van der Waals surface area contributed by atoms with Gasteiger partial charge in [0.1, 0.15) is 6.04 Å². The van der Waals surface area contributed by atoms with E-state index in [0.29, 0.717) is 5.56 Å². The fourth-order valence-corrected chi connectivity index (χ4v) is 2.30. The summed E-state index contributed by atoms with van der Waals surface area (Å²) in [6, 6.07) is 6.02. The minimum absolute atomic E-state index is 0.247. The maximum atomic E-state index is 13.6. The molecule has 1 aromatic carbocycles. The number of alkyl halides is 13. The molecule has 1 aromatic rings. The topological polar surface area (TPSA) is 52.3 Å². The lowest BCUT2D eigenvalue weighted by molar-refractivity contribution is -0.440. The van der Waals surface area contributed by atoms with Crippen molar-refractivity contribution in [2.24, 2.45) is 5.73 Å². The van der Waals surface area contributed by atoms with Gasteiger partial charge in [-0.1, -0.05) is 30.3 Å². The van der Waals surface area contributed by atoms with E-state index in [9.17, 15) is 61.9 Å². The molecule has 0 aliphatic carbocycles. The molecule has 0 radical (unpaired) electrons. The number of rotatable bonds is 10. The van der Waals surface area contributed by atoms with E-state index >= 15 is 0 Å². The van der Waals surface area contributed by atoms with Crippen LogP contribution in [0.2, 0.25) is 0 Å². The van der Waals surface area contributed by atoms with Crippen LogP contribution in [-0.4, -0.2) is 54.4 Å². The van der Waals surface area contributed by atoms with E-state index in [2.05, 4.69) is 4.74 Å². The van der Waals surface area contributed by atoms with Crippen molar-refractivity contribution in [1.82, 2.24) is 0 Å². The molecule has 0 spiro atoms. The van der Waals surface area contributed by atoms with Crippen LogP contribution in [0.25, 0.3) is 0 Å². The Bertz CT molecular complexity index is 809. The van der Waals surface area contributed by atoms with Gasteiger partial charge in [0.2, 0.25) is 0 Å². The van der Waals surface area contributed by atoms with Gasteiger partial charge in [-0.3, -0.25) is 4.79 Å². The molecule has 0 unspecified atom stereocenters. The van der Waals surface area contributed by atoms with Gasteiger partial charge >= 0.3 is 41.8 Å². The van der Waals surface area contributed by atoms with Crippen LogP contribution in [0, 0.1) is 0 Å². The number of esters is 1. The molecule has 3 nitrogen and oxygen atoms in total. The second-order valence-electron chi connectivity index (χ2n) is 6.71. The van der Waals surface area contributed by atoms with Crippen molar-refractivity contribution in [2.45, 2.75) is 54.7 Å². The lowest BCUT2D eigenvalue weighted by Crippen LogP contribution is -2.70. The lowest BCUT2D eigenvalue weighted by atomic mass is 9.93. The number of ether oxygens (including phenoxy) is 1. The van der Waals surface area contributed by atoms with Gasteiger partial charge in [0.05, 0.1) is 13.0 Å². The van der Waals surface area contributed by atoms with Gasteiger partial charge in [0.15, 0.2) is 0 Å². The molecule has 1 atom stereocenters. The Labute approximate surface area is 176 Å². The number of benzene rings is 1. The van der Waals surface area contributed by atoms with Crippen LogP contribution in [0.1, 0.15) is 12.0 Å². The molecular weight excluding hydrogens is 497 g/mol. The quantitative estimate of drug-likeness (QED) is 0.346. The second kappa shape index (κ2) is 9.18. The third-order valence-corrected chi connectivity index (χ3v) is 4.26. The number of hydrogen-bond acceptors (Lipinski definition) is 3. The Morgan fingerprint density at radius 2 is 1.21 bits per heavy atom. The summed E-state index contributed by atoms with van der Waals surface area (Å²) in [7, 11) is 0. The van der Waals surface area contributed by atoms with Gasteiger partial charge in [0.25, 0.3) is 0 Å². The van der Waals surface area contributed by atoms with Crippen molar-refractivity contribution in [3.8, 4) is 0 Å². The zero-order valence-electron chi connectivity index (χ0n) is 15.9. The molecule has 0 heterocycles. The first-order valence-corrected chi connectivity index (χ1v) is 8.55. The SMILES string of the molecule is N[C@@H](Cc1ccccc1)C(=O)OCCC(F)(F)C(F)(F)C(F)(F)C(F)(F)C(F)(F)C(F)(F)F. The number of hydrogen-bond donors (Lipinski definition) is 1. The summed E-state index contributed by atoms with van der Waals surface area (Å²) < 4.78 is 173. The number of carbonyl (C=O) groups is 1. The molecule has 0 saturated heterocycles. The summed E-state index contributed by atoms with van der Waals surface area (Å²) in [5, 5.41) is 0. The van der Waals surface area contributed by atoms with E-state index in [1.807, 2.05) is 0 Å². The molecule has 0 fully saturated rings. The predicted molar refractivity (Wildman–Crippen MR) is 84.5 cm³/mol. The fourth-order valence-electron chi connectivity index (χ4n) is 2.30. The third kappa shape index (κ3) is 5.30. The van der Waals surface area contributed by atoms with Crippen LogP contribution in [0.3, 0.4) is 0 Å². The lowest BCUT2D eigenvalue weighted by Gasteiger charge is -2.39. The highest BCUT2D eigenvalue weighted by Gasteiger charge is 2.90. The minimum atomic E-state index is -7.97. The van der Waals surface area contributed by atoms with Crippen molar-refractivity contribution in [3.05, 3.63) is 35.9 Å². The molecule has 0 aliphatic heterocycles. The van der Waals surface area contributed by atoms with Gasteiger partial charge in [0, 0.05) is 0 Å². The molecule has 16 heteroatoms. The monoisotopic (exact) mass is 511 g/mol. The van der Waals surface area contributed by atoms with E-state index in [4.69, 9.17) is 5.73 Å². The molecule has 1 rings (SSSR count). The van der Waals surface area contributed by atoms with E-state index in [1.54, 1.807) is 6.07 Å². The van der Waals surface area contributed by atoms with Crippen molar-refractivity contribution in [3.63, 3.8) is 0 Å². The predicted octanol–water partition coefficient (Wildman–Crippen LogP) is 5.23. The summed E-state index contributed by atoms with van der Waals surface area (Å²) in [6.45, 7) is -1.83. The van der Waals surface area contributed by atoms with Crippen LogP contribution in [0.5, 0.6) is 0 Å². The highest BCUT2D eigenvalue weighted by Crippen LogP contribution is 2.60. The maximum absolute atomic E-state index is 13.6. The van der Waals surface area contributed by atoms with Crippen LogP contribution < -0.4 is 5.73 Å². The summed E-state index contributed by atoms with van der Waals surface area (Å²) in [4.78, 5) is 11.6. The van der Waals surface area contributed by atoms with Crippen LogP contribution >= 0.6 is 0 Å². The highest BCUT2D eigenvalue weighted by atomic mass is 19.4. The van der Waals surface area contributed by atoms with Crippen molar-refractivity contribution in [2.75, 3.05) is 6.61 Å². The molecule has 0 saturated carbocycles. The fraction of sp³-hybridized carbons (Fsp3) is 0.588. The van der Waals surface area contributed by atoms with Gasteiger partial charge in [-0.15, -0.1) is 0 Å². The normalized spacial score (nSPS) is 15.3. The molecule has 0 aromatic heterocycles. The van der Waals surface area contributed by atoms with Gasteiger partial charge < -0.3 is 10.5 Å². The number of carbonyl (C=O) groups excluding carboxylic acids is 1. The van der Waals surface area contributed by atoms with Gasteiger partial charge in [-0.25, -0.2) is 0 Å². The molecule has 33 heavy (non-hydrogen) atoms. The Balaban J connectivity index is 2.94. The first kappa shape index (κ1) is 28.8. The maximum Gasteiger partial charge on any atom is 0.460 e. The molecule has 0 bridgehead atoms. The first-order valence-electron chi connectivity index (χ1n) is 8.55. The molecule has 2 N–H and O–H groups in total. The molecular formula is C17H14F13NO2. The minimum Gasteiger partial charge on any atom is -0.464 e. The Hall–Kier alpha value is -2.26. The van der Waals surface area contributed by atoms with Crippen LogP contribution in [0.4, 0.5) is 57.1 Å². The summed E-state index contributed by atoms with van der Waals surface area (Å²) >= 11 is 0. The Kier molecular flexibility index (Phi) is 8.00. The van der Waals surface area contributed by atoms with Gasteiger partial charge in [-0.05, 0) is 12.0 Å².